The number of hydrogen-bond donors (Lipinski definition) is 0. The first-order valence-corrected chi connectivity index (χ1v) is 1.87. The van der Waals surface area contributed by atoms with Crippen LogP contribution in [-0.4, -0.2) is 19.3 Å². The van der Waals surface area contributed by atoms with Crippen molar-refractivity contribution in [3.05, 3.63) is 0 Å². The maximum atomic E-state index is 3.61. The monoisotopic (exact) mass is 97.1 g/mol. The molecule has 0 saturated carbocycles. The van der Waals surface area contributed by atoms with Crippen molar-refractivity contribution in [2.75, 3.05) is 0 Å². The van der Waals surface area contributed by atoms with Crippen molar-refractivity contribution in [1.82, 2.24) is 0 Å². The molecule has 0 spiro atoms. The molecule has 7 heavy (non-hydrogen) atoms. The Hall–Kier alpha value is -0.990. The van der Waals surface area contributed by atoms with E-state index in [2.05, 4.69) is 21.9 Å². The van der Waals surface area contributed by atoms with E-state index in [-0.39, 0.29) is 0 Å². The van der Waals surface area contributed by atoms with E-state index in [1.165, 1.54) is 6.34 Å². The maximum absolute atomic E-state index is 3.61. The Morgan fingerprint density at radius 3 is 2.71 bits per heavy atom. The highest BCUT2D eigenvalue weighted by molar-refractivity contribution is 5.70. The van der Waals surface area contributed by atoms with Gasteiger partial charge in [0.25, 0.3) is 0 Å². The molecule has 38 valence electrons. The molecule has 0 heterocycles. The Morgan fingerprint density at radius 1 is 1.57 bits per heavy atom. The van der Waals surface area contributed by atoms with Crippen molar-refractivity contribution < 1.29 is 0 Å². The lowest BCUT2D eigenvalue weighted by atomic mass is 10.9. The number of rotatable bonds is 2. The van der Waals surface area contributed by atoms with Gasteiger partial charge in [0, 0.05) is 12.9 Å². The highest BCUT2D eigenvalue weighted by Gasteiger charge is 1.52. The summed E-state index contributed by atoms with van der Waals surface area (Å²) in [4.78, 5) is 3.61. The topological polar surface area (TPSA) is 37.1 Å². The third-order valence-electron chi connectivity index (χ3n) is 0.349. The molecule has 0 amide bonds. The predicted molar refractivity (Wildman–Crippen MR) is 32.2 cm³/mol. The minimum absolute atomic E-state index is 1.33. The molecule has 0 aromatic carbocycles. The second-order valence-electron chi connectivity index (χ2n) is 0.780. The molecule has 0 aromatic heterocycles. The van der Waals surface area contributed by atoms with Gasteiger partial charge < -0.3 is 0 Å². The van der Waals surface area contributed by atoms with E-state index in [4.69, 9.17) is 0 Å². The molecular weight excluding hydrogens is 90.1 g/mol. The first-order valence-electron chi connectivity index (χ1n) is 1.87. The minimum atomic E-state index is 1.33. The van der Waals surface area contributed by atoms with Crippen LogP contribution in [0.25, 0.3) is 0 Å². The number of aliphatic imine (C=N–C) groups is 1. The van der Waals surface area contributed by atoms with Crippen molar-refractivity contribution in [3.8, 4) is 0 Å². The first-order chi connectivity index (χ1) is 3.41. The summed E-state index contributed by atoms with van der Waals surface area (Å²) in [5.41, 5.74) is 0. The molecule has 3 nitrogen and oxygen atoms in total. The van der Waals surface area contributed by atoms with E-state index < -0.39 is 0 Å². The summed E-state index contributed by atoms with van der Waals surface area (Å²) < 4.78 is 0. The molecule has 0 atom stereocenters. The molecule has 0 aromatic rings. The van der Waals surface area contributed by atoms with E-state index in [9.17, 15) is 0 Å². The first kappa shape index (κ1) is 6.01. The van der Waals surface area contributed by atoms with Crippen LogP contribution in [0.3, 0.4) is 0 Å². The summed E-state index contributed by atoms with van der Waals surface area (Å²) >= 11 is 0. The van der Waals surface area contributed by atoms with Gasteiger partial charge in [-0.1, -0.05) is 0 Å². The summed E-state index contributed by atoms with van der Waals surface area (Å²) in [6, 6.07) is 0. The fourth-order valence-electron chi connectivity index (χ4n) is 0.133. The highest BCUT2D eigenvalue weighted by atomic mass is 15.2. The minimum Gasteiger partial charge on any atom is -0.248 e. The quantitative estimate of drug-likeness (QED) is 0.276. The molecular formula is C4H7N3. The third kappa shape index (κ3) is 5.01. The Labute approximate surface area is 42.5 Å². The zero-order chi connectivity index (χ0) is 5.54. The van der Waals surface area contributed by atoms with Crippen LogP contribution in [0.15, 0.2) is 15.2 Å². The van der Waals surface area contributed by atoms with Crippen molar-refractivity contribution >= 4 is 19.3 Å². The Bertz CT molecular complexity index is 93.1. The Balaban J connectivity index is 3.27. The van der Waals surface area contributed by atoms with Gasteiger partial charge in [-0.05, 0) is 6.92 Å². The SMILES string of the molecule is C=N/N=C\N=C/C. The maximum Gasteiger partial charge on any atom is 0.137 e. The molecule has 0 unspecified atom stereocenters. The summed E-state index contributed by atoms with van der Waals surface area (Å²) in [5, 5.41) is 6.53. The van der Waals surface area contributed by atoms with Gasteiger partial charge in [0.15, 0.2) is 0 Å². The molecule has 0 aliphatic carbocycles. The van der Waals surface area contributed by atoms with Gasteiger partial charge in [0.05, 0.1) is 0 Å². The molecule has 0 aliphatic heterocycles. The zero-order valence-corrected chi connectivity index (χ0v) is 4.20. The second-order valence-corrected chi connectivity index (χ2v) is 0.780. The van der Waals surface area contributed by atoms with Crippen LogP contribution in [0.1, 0.15) is 6.92 Å². The van der Waals surface area contributed by atoms with Crippen LogP contribution in [0.2, 0.25) is 0 Å². The van der Waals surface area contributed by atoms with Crippen molar-refractivity contribution in [3.63, 3.8) is 0 Å². The van der Waals surface area contributed by atoms with Gasteiger partial charge >= 0.3 is 0 Å². The largest absolute Gasteiger partial charge is 0.248 e. The standard InChI is InChI=1S/C4H7N3/c1-3-6-4-7-5-2/h3-4H,2H2,1H3/b6-3-,7-4-. The molecule has 0 rings (SSSR count). The third-order valence-corrected chi connectivity index (χ3v) is 0.349. The summed E-state index contributed by atoms with van der Waals surface area (Å²) in [5.74, 6) is 0. The van der Waals surface area contributed by atoms with Crippen LogP contribution in [-0.2, 0) is 0 Å². The van der Waals surface area contributed by atoms with E-state index in [1.54, 1.807) is 13.1 Å². The molecule has 3 heteroatoms. The van der Waals surface area contributed by atoms with Gasteiger partial charge in [-0.15, -0.1) is 5.10 Å². The molecule has 0 fully saturated rings. The lowest BCUT2D eigenvalue weighted by Crippen LogP contribution is -1.61. The second kappa shape index (κ2) is 5.01. The molecule has 0 radical (unpaired) electrons. The zero-order valence-electron chi connectivity index (χ0n) is 4.20. The van der Waals surface area contributed by atoms with Gasteiger partial charge in [-0.25, -0.2) is 4.99 Å². The van der Waals surface area contributed by atoms with E-state index in [0.29, 0.717) is 0 Å². The van der Waals surface area contributed by atoms with Gasteiger partial charge in [0.1, 0.15) is 6.34 Å². The Morgan fingerprint density at radius 2 is 2.29 bits per heavy atom. The van der Waals surface area contributed by atoms with E-state index in [1.807, 2.05) is 0 Å². The fourth-order valence-corrected chi connectivity index (χ4v) is 0.133. The lowest BCUT2D eigenvalue weighted by molar-refractivity contribution is 1.27. The van der Waals surface area contributed by atoms with Crippen LogP contribution in [0, 0.1) is 0 Å². The Kier molecular flexibility index (Phi) is 4.30. The molecule has 0 bridgehead atoms. The van der Waals surface area contributed by atoms with Gasteiger partial charge in [0.2, 0.25) is 0 Å². The summed E-state index contributed by atoms with van der Waals surface area (Å²) in [6.45, 7) is 4.91. The van der Waals surface area contributed by atoms with Gasteiger partial charge in [-0.2, -0.15) is 5.10 Å². The number of hydrogen-bond acceptors (Lipinski definition) is 2. The lowest BCUT2D eigenvalue weighted by Gasteiger charge is -1.66. The fraction of sp³-hybridized carbons (Fsp3) is 0.250. The van der Waals surface area contributed by atoms with Crippen LogP contribution in [0.5, 0.6) is 0 Å². The van der Waals surface area contributed by atoms with Crippen molar-refractivity contribution in [2.45, 2.75) is 6.92 Å². The average molecular weight is 97.1 g/mol. The van der Waals surface area contributed by atoms with E-state index >= 15 is 0 Å². The van der Waals surface area contributed by atoms with Crippen LogP contribution in [0.4, 0.5) is 0 Å². The van der Waals surface area contributed by atoms with E-state index in [0.717, 1.165) is 0 Å². The smallest absolute Gasteiger partial charge is 0.137 e. The van der Waals surface area contributed by atoms with Crippen LogP contribution < -0.4 is 0 Å². The van der Waals surface area contributed by atoms with Gasteiger partial charge in [-0.3, -0.25) is 0 Å². The molecule has 0 N–H and O–H groups in total. The average Bonchev–Trinajstić information content (AvgIpc) is 1.69. The number of nitrogens with zero attached hydrogens (tertiary/aromatic N) is 3. The van der Waals surface area contributed by atoms with Crippen LogP contribution >= 0.6 is 0 Å². The predicted octanol–water partition coefficient (Wildman–Crippen LogP) is 0.721. The molecule has 0 aliphatic rings. The normalized spacial score (nSPS) is 11.0. The molecule has 0 saturated heterocycles. The summed E-state index contributed by atoms with van der Waals surface area (Å²) in [7, 11) is 0. The summed E-state index contributed by atoms with van der Waals surface area (Å²) in [6.07, 6.45) is 2.95. The highest BCUT2D eigenvalue weighted by Crippen LogP contribution is 1.61. The van der Waals surface area contributed by atoms with Crippen molar-refractivity contribution in [2.24, 2.45) is 15.2 Å². The van der Waals surface area contributed by atoms with Crippen molar-refractivity contribution in [1.29, 1.82) is 0 Å².